The SMILES string of the molecule is CCCCCCCCCCCCCCCC(=O)OC(=O)/C=C(C)/C=C/C=C(C)/C=C/C1=C(C)CCCC1(C)C.O. The lowest BCUT2D eigenvalue weighted by Gasteiger charge is -2.32. The molecule has 0 radical (unpaired) electrons. The lowest BCUT2D eigenvalue weighted by Crippen LogP contribution is -2.19. The van der Waals surface area contributed by atoms with Crippen LogP contribution in [0.25, 0.3) is 0 Å². The Morgan fingerprint density at radius 2 is 1.38 bits per heavy atom. The molecule has 0 fully saturated rings. The Morgan fingerprint density at radius 1 is 0.825 bits per heavy atom. The molecule has 1 aliphatic rings. The average Bonchev–Trinajstić information content (AvgIpc) is 2.86. The normalized spacial score (nSPS) is 16.1. The Morgan fingerprint density at radius 3 is 1.93 bits per heavy atom. The zero-order valence-electron chi connectivity index (χ0n) is 26.7. The molecule has 0 atom stereocenters. The number of unbranched alkanes of at least 4 members (excludes halogenated alkanes) is 12. The summed E-state index contributed by atoms with van der Waals surface area (Å²) in [6.45, 7) is 13.1. The molecule has 1 rings (SSSR count). The Bertz CT molecular complexity index is 882. The molecule has 0 spiro atoms. The van der Waals surface area contributed by atoms with E-state index in [2.05, 4.69) is 46.8 Å². The summed E-state index contributed by atoms with van der Waals surface area (Å²) in [6, 6.07) is 0. The van der Waals surface area contributed by atoms with Crippen molar-refractivity contribution in [2.24, 2.45) is 5.41 Å². The number of rotatable bonds is 19. The molecule has 0 aromatic carbocycles. The first kappa shape index (κ1) is 37.8. The van der Waals surface area contributed by atoms with E-state index in [1.807, 2.05) is 25.2 Å². The number of ether oxygens (including phenoxy) is 1. The van der Waals surface area contributed by atoms with E-state index in [-0.39, 0.29) is 10.9 Å². The molecular formula is C36H60O4. The van der Waals surface area contributed by atoms with Crippen molar-refractivity contribution in [3.8, 4) is 0 Å². The van der Waals surface area contributed by atoms with Gasteiger partial charge in [-0.05, 0) is 63.0 Å². The van der Waals surface area contributed by atoms with Crippen LogP contribution in [0.2, 0.25) is 0 Å². The van der Waals surface area contributed by atoms with Gasteiger partial charge in [-0.15, -0.1) is 0 Å². The van der Waals surface area contributed by atoms with E-state index >= 15 is 0 Å². The third-order valence-electron chi connectivity index (χ3n) is 7.82. The number of hydrogen-bond acceptors (Lipinski definition) is 3. The highest BCUT2D eigenvalue weighted by molar-refractivity contribution is 5.92. The second-order valence-electron chi connectivity index (χ2n) is 12.2. The van der Waals surface area contributed by atoms with E-state index in [0.717, 1.165) is 30.4 Å². The Kier molecular flexibility index (Phi) is 21.2. The minimum absolute atomic E-state index is 0. The first-order chi connectivity index (χ1) is 18.7. The van der Waals surface area contributed by atoms with E-state index < -0.39 is 11.9 Å². The molecule has 1 aliphatic carbocycles. The molecule has 0 aromatic rings. The molecule has 0 unspecified atom stereocenters. The fourth-order valence-electron chi connectivity index (χ4n) is 5.35. The van der Waals surface area contributed by atoms with Gasteiger partial charge in [0.25, 0.3) is 0 Å². The molecule has 2 N–H and O–H groups in total. The Hall–Kier alpha value is -2.20. The summed E-state index contributed by atoms with van der Waals surface area (Å²) in [7, 11) is 0. The fraction of sp³-hybridized carbons (Fsp3) is 0.667. The van der Waals surface area contributed by atoms with Crippen LogP contribution in [-0.4, -0.2) is 17.4 Å². The number of carbonyl (C=O) groups is 2. The summed E-state index contributed by atoms with van der Waals surface area (Å²) >= 11 is 0. The Labute approximate surface area is 246 Å². The van der Waals surface area contributed by atoms with Gasteiger partial charge in [0.05, 0.1) is 0 Å². The van der Waals surface area contributed by atoms with Crippen LogP contribution in [0.15, 0.2) is 58.7 Å². The highest BCUT2D eigenvalue weighted by Gasteiger charge is 2.26. The van der Waals surface area contributed by atoms with Gasteiger partial charge in [-0.2, -0.15) is 0 Å². The first-order valence-corrected chi connectivity index (χ1v) is 15.8. The van der Waals surface area contributed by atoms with Crippen molar-refractivity contribution in [3.05, 3.63) is 58.7 Å². The van der Waals surface area contributed by atoms with Crippen LogP contribution in [0.3, 0.4) is 0 Å². The molecule has 40 heavy (non-hydrogen) atoms. The highest BCUT2D eigenvalue weighted by atomic mass is 16.6. The van der Waals surface area contributed by atoms with E-state index in [9.17, 15) is 9.59 Å². The zero-order valence-corrected chi connectivity index (χ0v) is 26.7. The number of hydrogen-bond donors (Lipinski definition) is 0. The summed E-state index contributed by atoms with van der Waals surface area (Å²) < 4.78 is 4.97. The van der Waals surface area contributed by atoms with Crippen LogP contribution >= 0.6 is 0 Å². The fourth-order valence-corrected chi connectivity index (χ4v) is 5.35. The average molecular weight is 557 g/mol. The highest BCUT2D eigenvalue weighted by Crippen LogP contribution is 2.40. The quantitative estimate of drug-likeness (QED) is 0.0522. The van der Waals surface area contributed by atoms with Gasteiger partial charge in [0, 0.05) is 12.5 Å². The van der Waals surface area contributed by atoms with Crippen molar-refractivity contribution in [2.75, 3.05) is 0 Å². The second kappa shape index (κ2) is 22.5. The molecule has 0 aromatic heterocycles. The van der Waals surface area contributed by atoms with E-state index in [4.69, 9.17) is 4.74 Å². The maximum atomic E-state index is 12.1. The number of carbonyl (C=O) groups excluding carboxylic acids is 2. The molecular weight excluding hydrogens is 496 g/mol. The van der Waals surface area contributed by atoms with Crippen LogP contribution in [0, 0.1) is 5.41 Å². The van der Waals surface area contributed by atoms with Crippen LogP contribution in [-0.2, 0) is 14.3 Å². The molecule has 0 saturated heterocycles. The largest absolute Gasteiger partial charge is 0.412 e. The van der Waals surface area contributed by atoms with Gasteiger partial charge in [-0.3, -0.25) is 4.79 Å². The molecule has 0 aliphatic heterocycles. The molecule has 4 nitrogen and oxygen atoms in total. The molecule has 0 bridgehead atoms. The van der Waals surface area contributed by atoms with Crippen molar-refractivity contribution in [1.82, 2.24) is 0 Å². The summed E-state index contributed by atoms with van der Waals surface area (Å²) in [5.41, 5.74) is 5.09. The molecule has 0 saturated carbocycles. The van der Waals surface area contributed by atoms with E-state index in [1.54, 1.807) is 0 Å². The van der Waals surface area contributed by atoms with Gasteiger partial charge in [0.15, 0.2) is 0 Å². The minimum Gasteiger partial charge on any atom is -0.412 e. The maximum Gasteiger partial charge on any atom is 0.338 e. The van der Waals surface area contributed by atoms with Gasteiger partial charge in [-0.25, -0.2) is 4.79 Å². The zero-order chi connectivity index (χ0) is 28.9. The summed E-state index contributed by atoms with van der Waals surface area (Å²) in [6.07, 6.45) is 32.0. The summed E-state index contributed by atoms with van der Waals surface area (Å²) in [5, 5.41) is 0. The van der Waals surface area contributed by atoms with Crippen LogP contribution < -0.4 is 0 Å². The molecule has 0 amide bonds. The van der Waals surface area contributed by atoms with Gasteiger partial charge in [0.2, 0.25) is 0 Å². The third-order valence-corrected chi connectivity index (χ3v) is 7.82. The monoisotopic (exact) mass is 556 g/mol. The summed E-state index contributed by atoms with van der Waals surface area (Å²) in [5.74, 6) is -1.01. The van der Waals surface area contributed by atoms with Crippen molar-refractivity contribution < 1.29 is 19.8 Å². The van der Waals surface area contributed by atoms with Gasteiger partial charge in [-0.1, -0.05) is 139 Å². The van der Waals surface area contributed by atoms with Gasteiger partial charge >= 0.3 is 11.9 Å². The number of allylic oxidation sites excluding steroid dienone is 9. The molecule has 228 valence electrons. The molecule has 4 heteroatoms. The van der Waals surface area contributed by atoms with Crippen molar-refractivity contribution in [2.45, 2.75) is 151 Å². The van der Waals surface area contributed by atoms with Gasteiger partial charge in [0.1, 0.15) is 0 Å². The predicted octanol–water partition coefficient (Wildman–Crippen LogP) is 10.2. The third kappa shape index (κ3) is 18.2. The summed E-state index contributed by atoms with van der Waals surface area (Å²) in [4.78, 5) is 24.1. The molecule has 0 heterocycles. The van der Waals surface area contributed by atoms with Gasteiger partial charge < -0.3 is 10.2 Å². The van der Waals surface area contributed by atoms with Crippen molar-refractivity contribution in [1.29, 1.82) is 0 Å². The van der Waals surface area contributed by atoms with E-state index in [0.29, 0.717) is 6.42 Å². The second-order valence-corrected chi connectivity index (χ2v) is 12.2. The Balaban J connectivity index is 0.0000152. The standard InChI is InChI=1S/C36H58O3.H2O/c1-7-8-9-10-11-12-13-14-15-16-17-18-19-25-34(37)39-35(38)29-31(3)23-20-22-30(2)26-27-33-32(4)24-21-28-36(33,5)6;/h20,22-23,26-27,29H,7-19,21,24-25,28H2,1-6H3;1H2/b23-20+,27-26+,30-22+,31-29+;. The minimum atomic E-state index is -0.584. The lowest BCUT2D eigenvalue weighted by molar-refractivity contribution is -0.156. The smallest absolute Gasteiger partial charge is 0.338 e. The maximum absolute atomic E-state index is 12.1. The van der Waals surface area contributed by atoms with Crippen LogP contribution in [0.4, 0.5) is 0 Å². The number of esters is 2. The van der Waals surface area contributed by atoms with E-state index in [1.165, 1.54) is 101 Å². The van der Waals surface area contributed by atoms with Crippen molar-refractivity contribution >= 4 is 11.9 Å². The van der Waals surface area contributed by atoms with Crippen LogP contribution in [0.1, 0.15) is 151 Å². The predicted molar refractivity (Wildman–Crippen MR) is 171 cm³/mol. The lowest BCUT2D eigenvalue weighted by atomic mass is 9.72. The van der Waals surface area contributed by atoms with Crippen LogP contribution in [0.5, 0.6) is 0 Å². The van der Waals surface area contributed by atoms with Crippen molar-refractivity contribution in [3.63, 3.8) is 0 Å². The first-order valence-electron chi connectivity index (χ1n) is 15.8. The topological polar surface area (TPSA) is 74.9 Å².